The molecule has 1 aromatic carbocycles. The molecular weight excluding hydrogens is 416 g/mol. The van der Waals surface area contributed by atoms with Crippen molar-refractivity contribution in [1.82, 2.24) is 9.62 Å². The molecule has 1 aromatic rings. The van der Waals surface area contributed by atoms with Crippen molar-refractivity contribution in [3.8, 4) is 0 Å². The fourth-order valence-electron chi connectivity index (χ4n) is 4.35. The molecule has 1 heterocycles. The van der Waals surface area contributed by atoms with E-state index in [2.05, 4.69) is 12.2 Å². The molecule has 1 N–H and O–H groups in total. The standard InChI is InChI=1S/C23H34N2O5S/c1-16-8-10-20(11-9-16)31(28,29)25-14-12-19(13-15-25)23(27)30-18(3)22(26)24-21-7-5-4-6-17(21)2/h8-11,17-19,21H,4-7,12-15H2,1-3H3,(H,24,26)/t17-,18+,21+/m0/s1. The highest BCUT2D eigenvalue weighted by Crippen LogP contribution is 2.26. The lowest BCUT2D eigenvalue weighted by molar-refractivity contribution is -0.160. The number of esters is 1. The molecule has 1 saturated carbocycles. The minimum absolute atomic E-state index is 0.137. The summed E-state index contributed by atoms with van der Waals surface area (Å²) in [6.45, 7) is 6.16. The number of sulfonamides is 1. The molecule has 1 saturated heterocycles. The smallest absolute Gasteiger partial charge is 0.309 e. The summed E-state index contributed by atoms with van der Waals surface area (Å²) in [6.07, 6.45) is 4.28. The minimum Gasteiger partial charge on any atom is -0.452 e. The molecule has 0 spiro atoms. The first-order valence-corrected chi connectivity index (χ1v) is 12.7. The molecule has 0 unspecified atom stereocenters. The predicted octanol–water partition coefficient (Wildman–Crippen LogP) is 3.02. The Morgan fingerprint density at radius 3 is 2.29 bits per heavy atom. The summed E-state index contributed by atoms with van der Waals surface area (Å²) in [7, 11) is -3.57. The Hall–Kier alpha value is -1.93. The van der Waals surface area contributed by atoms with Gasteiger partial charge in [-0.05, 0) is 57.6 Å². The number of carbonyl (C=O) groups excluding carboxylic acids is 2. The summed E-state index contributed by atoms with van der Waals surface area (Å²) in [4.78, 5) is 25.3. The number of aryl methyl sites for hydroxylation is 1. The van der Waals surface area contributed by atoms with E-state index in [1.807, 2.05) is 6.92 Å². The molecule has 0 aromatic heterocycles. The maximum absolute atomic E-state index is 12.8. The normalized spacial score (nSPS) is 24.4. The van der Waals surface area contributed by atoms with Gasteiger partial charge >= 0.3 is 5.97 Å². The maximum Gasteiger partial charge on any atom is 0.309 e. The Labute approximate surface area is 185 Å². The van der Waals surface area contributed by atoms with E-state index in [4.69, 9.17) is 4.74 Å². The average Bonchev–Trinajstić information content (AvgIpc) is 2.75. The van der Waals surface area contributed by atoms with Crippen molar-refractivity contribution < 1.29 is 22.7 Å². The molecule has 172 valence electrons. The number of hydrogen-bond donors (Lipinski definition) is 1. The van der Waals surface area contributed by atoms with Gasteiger partial charge in [-0.15, -0.1) is 0 Å². The zero-order valence-electron chi connectivity index (χ0n) is 18.7. The van der Waals surface area contributed by atoms with Gasteiger partial charge in [-0.25, -0.2) is 8.42 Å². The number of benzene rings is 1. The molecule has 1 aliphatic carbocycles. The van der Waals surface area contributed by atoms with E-state index >= 15 is 0 Å². The highest BCUT2D eigenvalue weighted by molar-refractivity contribution is 7.89. The van der Waals surface area contributed by atoms with Crippen molar-refractivity contribution in [3.63, 3.8) is 0 Å². The highest BCUT2D eigenvalue weighted by Gasteiger charge is 2.34. The Balaban J connectivity index is 1.49. The fourth-order valence-corrected chi connectivity index (χ4v) is 5.82. The number of piperidine rings is 1. The summed E-state index contributed by atoms with van der Waals surface area (Å²) >= 11 is 0. The molecular formula is C23H34N2O5S. The molecule has 3 rings (SSSR count). The Kier molecular flexibility index (Phi) is 7.75. The molecule has 1 aliphatic heterocycles. The zero-order chi connectivity index (χ0) is 22.6. The quantitative estimate of drug-likeness (QED) is 0.673. The number of rotatable bonds is 6. The van der Waals surface area contributed by atoms with Crippen LogP contribution in [0.15, 0.2) is 29.2 Å². The molecule has 8 heteroatoms. The second-order valence-electron chi connectivity index (χ2n) is 8.95. The van der Waals surface area contributed by atoms with E-state index in [0.29, 0.717) is 18.8 Å². The van der Waals surface area contributed by atoms with Gasteiger partial charge in [0.25, 0.3) is 5.91 Å². The maximum atomic E-state index is 12.8. The number of hydrogen-bond acceptors (Lipinski definition) is 5. The molecule has 2 fully saturated rings. The van der Waals surface area contributed by atoms with Gasteiger partial charge in [-0.3, -0.25) is 9.59 Å². The SMILES string of the molecule is Cc1ccc(S(=O)(=O)N2CCC(C(=O)O[C@H](C)C(=O)N[C@@H]3CCCC[C@@H]3C)CC2)cc1. The van der Waals surface area contributed by atoms with E-state index < -0.39 is 28.0 Å². The largest absolute Gasteiger partial charge is 0.452 e. The summed E-state index contributed by atoms with van der Waals surface area (Å²) in [5, 5.41) is 3.02. The van der Waals surface area contributed by atoms with Crippen LogP contribution in [-0.2, 0) is 24.3 Å². The number of ether oxygens (including phenoxy) is 1. The van der Waals surface area contributed by atoms with Crippen molar-refractivity contribution in [2.75, 3.05) is 13.1 Å². The topological polar surface area (TPSA) is 92.8 Å². The highest BCUT2D eigenvalue weighted by atomic mass is 32.2. The van der Waals surface area contributed by atoms with Crippen molar-refractivity contribution in [1.29, 1.82) is 0 Å². The minimum atomic E-state index is -3.57. The lowest BCUT2D eigenvalue weighted by Crippen LogP contribution is -2.47. The first kappa shape index (κ1) is 23.7. The third-order valence-corrected chi connectivity index (χ3v) is 8.46. The van der Waals surface area contributed by atoms with Gasteiger partial charge in [0.1, 0.15) is 0 Å². The lowest BCUT2D eigenvalue weighted by atomic mass is 9.86. The Bertz CT molecular complexity index is 876. The summed E-state index contributed by atoms with van der Waals surface area (Å²) < 4.78 is 32.5. The van der Waals surface area contributed by atoms with Gasteiger partial charge in [0.2, 0.25) is 10.0 Å². The van der Waals surface area contributed by atoms with Crippen LogP contribution in [0.25, 0.3) is 0 Å². The van der Waals surface area contributed by atoms with Crippen LogP contribution >= 0.6 is 0 Å². The van der Waals surface area contributed by atoms with Crippen molar-refractivity contribution in [3.05, 3.63) is 29.8 Å². The van der Waals surface area contributed by atoms with Crippen LogP contribution in [0.3, 0.4) is 0 Å². The van der Waals surface area contributed by atoms with E-state index in [1.165, 1.54) is 10.7 Å². The number of nitrogens with zero attached hydrogens (tertiary/aromatic N) is 1. The zero-order valence-corrected chi connectivity index (χ0v) is 19.5. The molecule has 2 aliphatic rings. The van der Waals surface area contributed by atoms with Crippen LogP contribution in [-0.4, -0.2) is 49.8 Å². The first-order chi connectivity index (χ1) is 14.7. The molecule has 0 radical (unpaired) electrons. The van der Waals surface area contributed by atoms with E-state index in [9.17, 15) is 18.0 Å². The molecule has 31 heavy (non-hydrogen) atoms. The molecule has 7 nitrogen and oxygen atoms in total. The average molecular weight is 451 g/mol. The third-order valence-electron chi connectivity index (χ3n) is 6.55. The van der Waals surface area contributed by atoms with Crippen molar-refractivity contribution in [2.24, 2.45) is 11.8 Å². The van der Waals surface area contributed by atoms with E-state index in [-0.39, 0.29) is 29.9 Å². The summed E-state index contributed by atoms with van der Waals surface area (Å²) in [5.41, 5.74) is 0.997. The van der Waals surface area contributed by atoms with Gasteiger partial charge in [0.05, 0.1) is 10.8 Å². The number of amides is 1. The van der Waals surface area contributed by atoms with Crippen molar-refractivity contribution in [2.45, 2.75) is 76.3 Å². The third kappa shape index (κ3) is 5.86. The second-order valence-corrected chi connectivity index (χ2v) is 10.9. The predicted molar refractivity (Wildman–Crippen MR) is 118 cm³/mol. The van der Waals surface area contributed by atoms with Crippen LogP contribution in [0.4, 0.5) is 0 Å². The number of carbonyl (C=O) groups is 2. The second kappa shape index (κ2) is 10.1. The van der Waals surface area contributed by atoms with Crippen LogP contribution in [0.2, 0.25) is 0 Å². The van der Waals surface area contributed by atoms with Crippen molar-refractivity contribution >= 4 is 21.9 Å². The van der Waals surface area contributed by atoms with Gasteiger partial charge in [-0.1, -0.05) is 37.5 Å². The van der Waals surface area contributed by atoms with E-state index in [1.54, 1.807) is 31.2 Å². The van der Waals surface area contributed by atoms with E-state index in [0.717, 1.165) is 24.8 Å². The van der Waals surface area contributed by atoms with Crippen LogP contribution in [0.1, 0.15) is 57.9 Å². The van der Waals surface area contributed by atoms with Crippen LogP contribution in [0.5, 0.6) is 0 Å². The van der Waals surface area contributed by atoms with Gasteiger partial charge in [-0.2, -0.15) is 4.31 Å². The molecule has 3 atom stereocenters. The molecule has 1 amide bonds. The van der Waals surface area contributed by atoms with Gasteiger partial charge < -0.3 is 10.1 Å². The van der Waals surface area contributed by atoms with Gasteiger partial charge in [0, 0.05) is 19.1 Å². The molecule has 0 bridgehead atoms. The van der Waals surface area contributed by atoms with Crippen LogP contribution in [0, 0.1) is 18.8 Å². The fraction of sp³-hybridized carbons (Fsp3) is 0.652. The first-order valence-electron chi connectivity index (χ1n) is 11.3. The Morgan fingerprint density at radius 2 is 1.68 bits per heavy atom. The summed E-state index contributed by atoms with van der Waals surface area (Å²) in [5.74, 6) is -0.646. The number of nitrogens with one attached hydrogen (secondary N) is 1. The Morgan fingerprint density at radius 1 is 1.06 bits per heavy atom. The summed E-state index contributed by atoms with van der Waals surface area (Å²) in [6, 6.07) is 6.91. The monoisotopic (exact) mass is 450 g/mol. The van der Waals surface area contributed by atoms with Crippen LogP contribution < -0.4 is 5.32 Å². The lowest BCUT2D eigenvalue weighted by Gasteiger charge is -2.32. The van der Waals surface area contributed by atoms with Gasteiger partial charge in [0.15, 0.2) is 6.10 Å².